The smallest absolute Gasteiger partial charge is 0.338 e. The largest absolute Gasteiger partial charge is 0.417 e. The van der Waals surface area contributed by atoms with E-state index in [1.807, 2.05) is 0 Å². The normalized spacial score (nSPS) is 16.9. The van der Waals surface area contributed by atoms with Crippen molar-refractivity contribution < 1.29 is 18.0 Å². The summed E-state index contributed by atoms with van der Waals surface area (Å²) in [5.74, 6) is -0.620. The number of carbonyl (C=O) groups excluding carboxylic acids is 1. The SMILES string of the molecule is O=C(c1ccccc1C(F)(F)F)N1CC(Cn2nc3c(cc2=O)CCC3)C1. The third kappa shape index (κ3) is 3.36. The van der Waals surface area contributed by atoms with E-state index in [1.54, 1.807) is 6.07 Å². The minimum Gasteiger partial charge on any atom is -0.338 e. The van der Waals surface area contributed by atoms with Crippen LogP contribution >= 0.6 is 0 Å². The molecule has 0 atom stereocenters. The van der Waals surface area contributed by atoms with Gasteiger partial charge in [0.05, 0.1) is 23.4 Å². The number of nitrogens with zero attached hydrogens (tertiary/aromatic N) is 3. The van der Waals surface area contributed by atoms with Crippen LogP contribution in [0, 0.1) is 5.92 Å². The van der Waals surface area contributed by atoms with E-state index >= 15 is 0 Å². The van der Waals surface area contributed by atoms with Crippen molar-refractivity contribution >= 4 is 5.91 Å². The second-order valence-corrected chi connectivity index (χ2v) is 7.11. The fraction of sp³-hybridized carbons (Fsp3) is 0.421. The van der Waals surface area contributed by atoms with Crippen LogP contribution in [0.2, 0.25) is 0 Å². The van der Waals surface area contributed by atoms with Gasteiger partial charge in [0, 0.05) is 25.1 Å². The van der Waals surface area contributed by atoms with E-state index in [0.717, 1.165) is 36.6 Å². The van der Waals surface area contributed by atoms with E-state index in [1.165, 1.54) is 27.8 Å². The molecule has 1 aliphatic heterocycles. The molecule has 1 aromatic carbocycles. The van der Waals surface area contributed by atoms with Gasteiger partial charge in [-0.05, 0) is 37.0 Å². The number of likely N-dealkylation sites (tertiary alicyclic amines) is 1. The minimum absolute atomic E-state index is 0.0108. The van der Waals surface area contributed by atoms with Crippen molar-refractivity contribution in [3.8, 4) is 0 Å². The number of carbonyl (C=O) groups is 1. The highest BCUT2D eigenvalue weighted by Crippen LogP contribution is 2.33. The van der Waals surface area contributed by atoms with Gasteiger partial charge in [-0.15, -0.1) is 0 Å². The van der Waals surface area contributed by atoms with Crippen molar-refractivity contribution in [2.45, 2.75) is 32.0 Å². The average Bonchev–Trinajstić information content (AvgIpc) is 3.03. The van der Waals surface area contributed by atoms with E-state index in [2.05, 4.69) is 5.10 Å². The average molecular weight is 377 g/mol. The molecule has 2 heterocycles. The first-order valence-corrected chi connectivity index (χ1v) is 8.88. The predicted octanol–water partition coefficient (Wildman–Crippen LogP) is 2.52. The fourth-order valence-corrected chi connectivity index (χ4v) is 3.75. The van der Waals surface area contributed by atoms with Gasteiger partial charge in [0.15, 0.2) is 0 Å². The number of benzene rings is 1. The Bertz CT molecular complexity index is 946. The molecule has 0 radical (unpaired) electrons. The first kappa shape index (κ1) is 17.8. The molecule has 1 saturated heterocycles. The maximum Gasteiger partial charge on any atom is 0.417 e. The van der Waals surface area contributed by atoms with Crippen LogP contribution in [0.25, 0.3) is 0 Å². The number of hydrogen-bond donors (Lipinski definition) is 0. The molecule has 0 unspecified atom stereocenters. The van der Waals surface area contributed by atoms with E-state index in [0.29, 0.717) is 19.6 Å². The number of rotatable bonds is 3. The Morgan fingerprint density at radius 2 is 1.93 bits per heavy atom. The third-order valence-electron chi connectivity index (χ3n) is 5.16. The van der Waals surface area contributed by atoms with Gasteiger partial charge in [0.2, 0.25) is 0 Å². The van der Waals surface area contributed by atoms with Gasteiger partial charge < -0.3 is 4.90 Å². The predicted molar refractivity (Wildman–Crippen MR) is 91.4 cm³/mol. The molecule has 5 nitrogen and oxygen atoms in total. The van der Waals surface area contributed by atoms with Crippen LogP contribution < -0.4 is 5.56 Å². The van der Waals surface area contributed by atoms with Crippen LogP contribution in [0.4, 0.5) is 13.2 Å². The second kappa shape index (κ2) is 6.51. The Kier molecular flexibility index (Phi) is 4.28. The molecule has 27 heavy (non-hydrogen) atoms. The van der Waals surface area contributed by atoms with Gasteiger partial charge in [-0.25, -0.2) is 4.68 Å². The summed E-state index contributed by atoms with van der Waals surface area (Å²) >= 11 is 0. The lowest BCUT2D eigenvalue weighted by Gasteiger charge is -2.39. The number of halogens is 3. The number of amides is 1. The molecule has 0 N–H and O–H groups in total. The van der Waals surface area contributed by atoms with Gasteiger partial charge in [-0.2, -0.15) is 18.3 Å². The molecule has 0 saturated carbocycles. The number of aromatic nitrogens is 2. The van der Waals surface area contributed by atoms with Crippen molar-refractivity contribution in [2.24, 2.45) is 5.92 Å². The molecule has 1 amide bonds. The van der Waals surface area contributed by atoms with E-state index in [4.69, 9.17) is 0 Å². The Morgan fingerprint density at radius 1 is 1.19 bits per heavy atom. The molecule has 1 aromatic heterocycles. The standard InChI is InChI=1S/C19H18F3N3O2/c20-19(21,22)15-6-2-1-5-14(15)18(27)24-9-12(10-24)11-25-17(26)8-13-4-3-7-16(13)23-25/h1-2,5-6,8,12H,3-4,7,9-11H2. The first-order valence-electron chi connectivity index (χ1n) is 8.88. The molecular weight excluding hydrogens is 359 g/mol. The molecule has 4 rings (SSSR count). The fourth-order valence-electron chi connectivity index (χ4n) is 3.75. The quantitative estimate of drug-likeness (QED) is 0.826. The van der Waals surface area contributed by atoms with Gasteiger partial charge in [0.25, 0.3) is 11.5 Å². The zero-order valence-electron chi connectivity index (χ0n) is 14.5. The van der Waals surface area contributed by atoms with Crippen LogP contribution in [0.1, 0.15) is 33.6 Å². The molecule has 142 valence electrons. The summed E-state index contributed by atoms with van der Waals surface area (Å²) in [5, 5.41) is 4.40. The summed E-state index contributed by atoms with van der Waals surface area (Å²) in [5.41, 5.74) is 0.528. The zero-order chi connectivity index (χ0) is 19.2. The second-order valence-electron chi connectivity index (χ2n) is 7.11. The Labute approximate surface area is 153 Å². The van der Waals surface area contributed by atoms with Crippen molar-refractivity contribution in [1.29, 1.82) is 0 Å². The highest BCUT2D eigenvalue weighted by Gasteiger charge is 2.38. The van der Waals surface area contributed by atoms with Crippen molar-refractivity contribution in [1.82, 2.24) is 14.7 Å². The van der Waals surface area contributed by atoms with Crippen LogP contribution in [0.15, 0.2) is 35.1 Å². The van der Waals surface area contributed by atoms with Crippen molar-refractivity contribution in [3.05, 3.63) is 63.1 Å². The van der Waals surface area contributed by atoms with Crippen molar-refractivity contribution in [3.63, 3.8) is 0 Å². The summed E-state index contributed by atoms with van der Waals surface area (Å²) in [7, 11) is 0. The maximum atomic E-state index is 13.1. The molecule has 0 bridgehead atoms. The van der Waals surface area contributed by atoms with Crippen LogP contribution in [-0.2, 0) is 25.6 Å². The number of alkyl halides is 3. The van der Waals surface area contributed by atoms with E-state index in [9.17, 15) is 22.8 Å². The lowest BCUT2D eigenvalue weighted by atomic mass is 9.97. The monoisotopic (exact) mass is 377 g/mol. The van der Waals surface area contributed by atoms with Gasteiger partial charge in [-0.3, -0.25) is 9.59 Å². The lowest BCUT2D eigenvalue weighted by Crippen LogP contribution is -2.52. The highest BCUT2D eigenvalue weighted by atomic mass is 19.4. The molecule has 1 fully saturated rings. The topological polar surface area (TPSA) is 55.2 Å². The molecular formula is C19H18F3N3O2. The lowest BCUT2D eigenvalue weighted by molar-refractivity contribution is -0.138. The van der Waals surface area contributed by atoms with Gasteiger partial charge in [-0.1, -0.05) is 12.1 Å². The summed E-state index contributed by atoms with van der Waals surface area (Å²) in [4.78, 5) is 26.0. The van der Waals surface area contributed by atoms with Gasteiger partial charge >= 0.3 is 6.18 Å². The summed E-state index contributed by atoms with van der Waals surface area (Å²) < 4.78 is 40.7. The van der Waals surface area contributed by atoms with E-state index < -0.39 is 17.6 Å². The first-order chi connectivity index (χ1) is 12.8. The van der Waals surface area contributed by atoms with Crippen LogP contribution in [-0.4, -0.2) is 33.7 Å². The van der Waals surface area contributed by atoms with Crippen LogP contribution in [0.5, 0.6) is 0 Å². The van der Waals surface area contributed by atoms with Crippen LogP contribution in [0.3, 0.4) is 0 Å². The summed E-state index contributed by atoms with van der Waals surface area (Å²) in [6.07, 6.45) is -1.84. The Morgan fingerprint density at radius 3 is 2.67 bits per heavy atom. The highest BCUT2D eigenvalue weighted by molar-refractivity contribution is 5.96. The van der Waals surface area contributed by atoms with Crippen molar-refractivity contribution in [2.75, 3.05) is 13.1 Å². The Balaban J connectivity index is 1.43. The summed E-state index contributed by atoms with van der Waals surface area (Å²) in [6.45, 7) is 1.00. The molecule has 2 aromatic rings. The summed E-state index contributed by atoms with van der Waals surface area (Å²) in [6, 6.07) is 6.43. The number of aryl methyl sites for hydroxylation is 2. The third-order valence-corrected chi connectivity index (χ3v) is 5.16. The molecule has 2 aliphatic rings. The molecule has 0 spiro atoms. The van der Waals surface area contributed by atoms with E-state index in [-0.39, 0.29) is 17.0 Å². The number of fused-ring (bicyclic) bond motifs is 1. The zero-order valence-corrected chi connectivity index (χ0v) is 14.5. The maximum absolute atomic E-state index is 13.1. The number of hydrogen-bond acceptors (Lipinski definition) is 3. The van der Waals surface area contributed by atoms with Gasteiger partial charge in [0.1, 0.15) is 0 Å². The minimum atomic E-state index is -4.57. The molecule has 1 aliphatic carbocycles. The Hall–Kier alpha value is -2.64. The molecule has 8 heteroatoms.